The molecule has 4 aromatic carbocycles. The first-order chi connectivity index (χ1) is 19.3. The first-order valence-corrected chi connectivity index (χ1v) is 12.1. The number of halogens is 1. The molecule has 11 heteroatoms. The lowest BCUT2D eigenvalue weighted by atomic mass is 10.0. The Kier molecular flexibility index (Phi) is 7.18. The number of anilines is 1. The van der Waals surface area contributed by atoms with Crippen LogP contribution in [-0.2, 0) is 16.2 Å². The lowest BCUT2D eigenvalue weighted by Gasteiger charge is -2.13. The highest BCUT2D eigenvalue weighted by molar-refractivity contribution is 6.16. The zero-order valence-electron chi connectivity index (χ0n) is 20.8. The topological polar surface area (TPSA) is 131 Å². The molecule has 0 atom stereocenters. The van der Waals surface area contributed by atoms with Crippen LogP contribution < -0.4 is 15.4 Å². The highest BCUT2D eigenvalue weighted by Crippen LogP contribution is 2.32. The molecule has 0 saturated carbocycles. The number of nitrogens with zero attached hydrogens (tertiary/aromatic N) is 2. The van der Waals surface area contributed by atoms with Gasteiger partial charge in [-0.1, -0.05) is 54.6 Å². The van der Waals surface area contributed by atoms with Gasteiger partial charge in [-0.25, -0.2) is 14.1 Å². The summed E-state index contributed by atoms with van der Waals surface area (Å²) in [5, 5.41) is 17.5. The van der Waals surface area contributed by atoms with E-state index >= 15 is 0 Å². The number of nitrogens with one attached hydrogen (secondary N) is 2. The maximum absolute atomic E-state index is 13.9. The van der Waals surface area contributed by atoms with Crippen molar-refractivity contribution in [3.8, 4) is 5.75 Å². The number of rotatable bonds is 8. The van der Waals surface area contributed by atoms with E-state index in [1.54, 1.807) is 18.2 Å². The second kappa shape index (κ2) is 11.0. The van der Waals surface area contributed by atoms with E-state index in [4.69, 9.17) is 4.74 Å². The Morgan fingerprint density at radius 3 is 2.60 bits per heavy atom. The lowest BCUT2D eigenvalue weighted by Crippen LogP contribution is -2.38. The SMILES string of the molecule is O=C(CN1C(=O)N/C(=C/c2c(OCc3cccc([N+](=O)[O-])c3)ccc3ccccc23)C1=O)Nc1ccccc1F. The van der Waals surface area contributed by atoms with Crippen LogP contribution in [0, 0.1) is 15.9 Å². The van der Waals surface area contributed by atoms with Gasteiger partial charge in [-0.2, -0.15) is 0 Å². The van der Waals surface area contributed by atoms with Gasteiger partial charge in [0.25, 0.3) is 11.6 Å². The van der Waals surface area contributed by atoms with Gasteiger partial charge in [-0.15, -0.1) is 0 Å². The van der Waals surface area contributed by atoms with Crippen molar-refractivity contribution in [3.05, 3.63) is 118 Å². The summed E-state index contributed by atoms with van der Waals surface area (Å²) in [6, 6.07) is 21.7. The molecule has 5 rings (SSSR count). The number of amides is 4. The zero-order valence-corrected chi connectivity index (χ0v) is 20.8. The summed E-state index contributed by atoms with van der Waals surface area (Å²) in [5.74, 6) is -1.77. The van der Waals surface area contributed by atoms with E-state index in [0.717, 1.165) is 15.7 Å². The Bertz CT molecular complexity index is 1700. The molecule has 1 saturated heterocycles. The van der Waals surface area contributed by atoms with Crippen LogP contribution in [0.25, 0.3) is 16.8 Å². The number of non-ortho nitro benzene ring substituents is 1. The molecule has 0 radical (unpaired) electrons. The van der Waals surface area contributed by atoms with Gasteiger partial charge in [-0.05, 0) is 40.6 Å². The van der Waals surface area contributed by atoms with Crippen LogP contribution in [0.5, 0.6) is 5.75 Å². The summed E-state index contributed by atoms with van der Waals surface area (Å²) in [5.41, 5.74) is 0.834. The number of nitro groups is 1. The molecule has 1 aliphatic rings. The number of para-hydroxylation sites is 1. The molecule has 1 heterocycles. The molecule has 4 aromatic rings. The first kappa shape index (κ1) is 26.0. The number of hydrogen-bond donors (Lipinski definition) is 2. The minimum absolute atomic E-state index is 0.0127. The third-order valence-corrected chi connectivity index (χ3v) is 6.15. The van der Waals surface area contributed by atoms with E-state index in [0.29, 0.717) is 16.9 Å². The van der Waals surface area contributed by atoms with Gasteiger partial charge in [0.2, 0.25) is 5.91 Å². The predicted molar refractivity (Wildman–Crippen MR) is 145 cm³/mol. The van der Waals surface area contributed by atoms with Crippen LogP contribution in [0.1, 0.15) is 11.1 Å². The van der Waals surface area contributed by atoms with Crippen molar-refractivity contribution in [1.29, 1.82) is 0 Å². The van der Waals surface area contributed by atoms with Gasteiger partial charge in [0, 0.05) is 17.7 Å². The first-order valence-electron chi connectivity index (χ1n) is 12.1. The van der Waals surface area contributed by atoms with Crippen LogP contribution in [0.3, 0.4) is 0 Å². The number of imide groups is 1. The number of urea groups is 1. The molecule has 4 amide bonds. The number of nitro benzene ring substituents is 1. The van der Waals surface area contributed by atoms with Gasteiger partial charge < -0.3 is 15.4 Å². The summed E-state index contributed by atoms with van der Waals surface area (Å²) < 4.78 is 19.9. The average Bonchev–Trinajstić information content (AvgIpc) is 3.21. The van der Waals surface area contributed by atoms with Crippen molar-refractivity contribution in [2.45, 2.75) is 6.61 Å². The van der Waals surface area contributed by atoms with Crippen LogP contribution in [0.4, 0.5) is 20.6 Å². The Morgan fingerprint density at radius 1 is 1.02 bits per heavy atom. The Hall–Kier alpha value is -5.58. The maximum atomic E-state index is 13.9. The van der Waals surface area contributed by atoms with E-state index in [1.165, 1.54) is 42.5 Å². The Balaban J connectivity index is 1.41. The number of hydrogen-bond acceptors (Lipinski definition) is 6. The Morgan fingerprint density at radius 2 is 1.80 bits per heavy atom. The number of ether oxygens (including phenoxy) is 1. The van der Waals surface area contributed by atoms with Crippen molar-refractivity contribution < 1.29 is 28.4 Å². The molecular weight excluding hydrogens is 519 g/mol. The second-order valence-corrected chi connectivity index (χ2v) is 8.82. The fourth-order valence-electron chi connectivity index (χ4n) is 4.23. The van der Waals surface area contributed by atoms with E-state index in [9.17, 15) is 28.9 Å². The molecule has 0 aliphatic carbocycles. The van der Waals surface area contributed by atoms with Crippen molar-refractivity contribution in [1.82, 2.24) is 10.2 Å². The van der Waals surface area contributed by atoms with Crippen LogP contribution >= 0.6 is 0 Å². The number of benzene rings is 4. The predicted octanol–water partition coefficient (Wildman–Crippen LogP) is 5.00. The maximum Gasteiger partial charge on any atom is 0.329 e. The molecule has 40 heavy (non-hydrogen) atoms. The van der Waals surface area contributed by atoms with Crippen LogP contribution in [0.15, 0.2) is 90.6 Å². The van der Waals surface area contributed by atoms with Crippen molar-refractivity contribution >= 4 is 46.1 Å². The quantitative estimate of drug-likeness (QED) is 0.140. The van der Waals surface area contributed by atoms with Gasteiger partial charge in [0.05, 0.1) is 10.6 Å². The van der Waals surface area contributed by atoms with Crippen LogP contribution in [-0.4, -0.2) is 34.2 Å². The average molecular weight is 541 g/mol. The minimum Gasteiger partial charge on any atom is -0.488 e. The summed E-state index contributed by atoms with van der Waals surface area (Å²) in [7, 11) is 0. The summed E-state index contributed by atoms with van der Waals surface area (Å²) in [4.78, 5) is 49.5. The standard InChI is InChI=1S/C29H21FN4O6/c30-23-10-3-4-11-24(23)31-27(35)16-33-28(36)25(32-29(33)37)15-22-21-9-2-1-7-19(21)12-13-26(22)40-17-18-6-5-8-20(14-18)34(38)39/h1-15H,16-17H2,(H,31,35)(H,32,37)/b25-15+. The second-order valence-electron chi connectivity index (χ2n) is 8.82. The van der Waals surface area contributed by atoms with Crippen molar-refractivity contribution in [2.75, 3.05) is 11.9 Å². The van der Waals surface area contributed by atoms with E-state index in [2.05, 4.69) is 10.6 Å². The van der Waals surface area contributed by atoms with Gasteiger partial charge >= 0.3 is 6.03 Å². The minimum atomic E-state index is -0.806. The van der Waals surface area contributed by atoms with E-state index in [1.807, 2.05) is 30.3 Å². The van der Waals surface area contributed by atoms with Crippen molar-refractivity contribution in [2.24, 2.45) is 0 Å². The molecule has 0 spiro atoms. The van der Waals surface area contributed by atoms with E-state index < -0.39 is 35.1 Å². The summed E-state index contributed by atoms with van der Waals surface area (Å²) in [6.07, 6.45) is 1.46. The van der Waals surface area contributed by atoms with Crippen LogP contribution in [0.2, 0.25) is 0 Å². The zero-order chi connectivity index (χ0) is 28.2. The molecule has 1 aliphatic heterocycles. The molecule has 2 N–H and O–H groups in total. The number of carbonyl (C=O) groups excluding carboxylic acids is 3. The lowest BCUT2D eigenvalue weighted by molar-refractivity contribution is -0.384. The fraction of sp³-hybridized carbons (Fsp3) is 0.0690. The molecule has 0 bridgehead atoms. The van der Waals surface area contributed by atoms with E-state index in [-0.39, 0.29) is 23.7 Å². The largest absolute Gasteiger partial charge is 0.488 e. The van der Waals surface area contributed by atoms with Gasteiger partial charge in [-0.3, -0.25) is 19.7 Å². The fourth-order valence-corrected chi connectivity index (χ4v) is 4.23. The third kappa shape index (κ3) is 5.48. The third-order valence-electron chi connectivity index (χ3n) is 6.15. The molecule has 10 nitrogen and oxygen atoms in total. The summed E-state index contributed by atoms with van der Waals surface area (Å²) in [6.45, 7) is -0.610. The molecular formula is C29H21FN4O6. The van der Waals surface area contributed by atoms with Crippen molar-refractivity contribution in [3.63, 3.8) is 0 Å². The normalized spacial score (nSPS) is 13.9. The highest BCUT2D eigenvalue weighted by Gasteiger charge is 2.35. The summed E-state index contributed by atoms with van der Waals surface area (Å²) >= 11 is 0. The molecule has 200 valence electrons. The van der Waals surface area contributed by atoms with Gasteiger partial charge in [0.1, 0.15) is 30.4 Å². The smallest absolute Gasteiger partial charge is 0.329 e. The number of carbonyl (C=O) groups is 3. The highest BCUT2D eigenvalue weighted by atomic mass is 19.1. The number of fused-ring (bicyclic) bond motifs is 1. The Labute approximate surface area is 226 Å². The monoisotopic (exact) mass is 540 g/mol. The van der Waals surface area contributed by atoms with Gasteiger partial charge in [0.15, 0.2) is 0 Å². The molecule has 0 aromatic heterocycles. The molecule has 0 unspecified atom stereocenters. The molecule has 1 fully saturated rings.